The van der Waals surface area contributed by atoms with Crippen molar-refractivity contribution in [1.82, 2.24) is 20.8 Å². The van der Waals surface area contributed by atoms with E-state index < -0.39 is 52.2 Å². The molecule has 2 fully saturated rings. The fraction of sp³-hybridized carbons (Fsp3) is 0.903. The molecular formula is C31H61N5O9S. The van der Waals surface area contributed by atoms with E-state index in [1.807, 2.05) is 0 Å². The Hall–Kier alpha value is -2.20. The standard InChI is InChI=1S/C16H36N.C15H26N4O9S/c1-5-9-13-17(14-10-6-2,15-11-7-3)16-12-8-4;1-9(16-13(21)27-15(2,3)4)8-26-17-12(20)11-6-5-10-7-18(11)14(22)19(10)28-29(23,24)25/h5-16H2,1-4H3;9-11H,5-8H2,1-4H3,(H,16,21)(H,17,20)(H,23,24,25)/q+1;/p-1/t;9-,10+,11-/m.0/s1. The zero-order valence-corrected chi connectivity index (χ0v) is 30.3. The summed E-state index contributed by atoms with van der Waals surface area (Å²) in [6.07, 6.45) is 10.9. The lowest BCUT2D eigenvalue weighted by Gasteiger charge is -2.39. The first kappa shape index (κ1) is 41.8. The van der Waals surface area contributed by atoms with Crippen molar-refractivity contribution < 1.29 is 45.7 Å². The number of piperidine rings is 1. The fourth-order valence-electron chi connectivity index (χ4n) is 5.60. The average Bonchev–Trinajstić information content (AvgIpc) is 3.19. The van der Waals surface area contributed by atoms with Gasteiger partial charge in [-0.25, -0.2) is 23.5 Å². The molecule has 2 rings (SSSR count). The van der Waals surface area contributed by atoms with Gasteiger partial charge >= 0.3 is 12.1 Å². The van der Waals surface area contributed by atoms with Crippen LogP contribution >= 0.6 is 0 Å². The summed E-state index contributed by atoms with van der Waals surface area (Å²) in [7, 11) is -5.10. The highest BCUT2D eigenvalue weighted by atomic mass is 32.3. The Morgan fingerprint density at radius 1 is 0.957 bits per heavy atom. The van der Waals surface area contributed by atoms with Crippen LogP contribution in [0.4, 0.5) is 9.59 Å². The van der Waals surface area contributed by atoms with Crippen molar-refractivity contribution in [3.05, 3.63) is 0 Å². The first-order valence-corrected chi connectivity index (χ1v) is 18.4. The van der Waals surface area contributed by atoms with Crippen LogP contribution in [0.25, 0.3) is 0 Å². The Morgan fingerprint density at radius 3 is 1.89 bits per heavy atom. The first-order valence-electron chi connectivity index (χ1n) is 17.0. The number of urea groups is 1. The van der Waals surface area contributed by atoms with E-state index in [1.54, 1.807) is 27.7 Å². The quantitative estimate of drug-likeness (QED) is 0.0858. The smallest absolute Gasteiger partial charge is 0.407 e. The number of alkyl carbamates (subject to hydrolysis) is 1. The van der Waals surface area contributed by atoms with E-state index in [0.29, 0.717) is 5.06 Å². The topological polar surface area (TPSA) is 167 Å². The number of ether oxygens (including phenoxy) is 1. The number of rotatable bonds is 19. The molecule has 14 nitrogen and oxygen atoms in total. The SMILES string of the molecule is CCCC[N+](CCCC)(CCCC)CCCC.C[C@@H](CONC(=O)[C@@H]1CC[C@@H]2CN1C(=O)N2OS(=O)(=O)[O-])NC(=O)OC(C)(C)C. The molecule has 0 aromatic heterocycles. The van der Waals surface area contributed by atoms with Gasteiger partial charge in [-0.1, -0.05) is 53.4 Å². The van der Waals surface area contributed by atoms with Crippen molar-refractivity contribution >= 4 is 28.4 Å². The number of fused-ring (bicyclic) bond motifs is 2. The van der Waals surface area contributed by atoms with Crippen LogP contribution in [0.2, 0.25) is 0 Å². The van der Waals surface area contributed by atoms with Gasteiger partial charge in [-0.2, -0.15) is 9.35 Å². The van der Waals surface area contributed by atoms with Crippen LogP contribution in [0.3, 0.4) is 0 Å². The fourth-order valence-corrected chi connectivity index (χ4v) is 5.98. The molecule has 0 aliphatic carbocycles. The molecule has 0 aromatic carbocycles. The van der Waals surface area contributed by atoms with Crippen LogP contribution in [0.1, 0.15) is 120 Å². The molecule has 0 radical (unpaired) electrons. The van der Waals surface area contributed by atoms with Crippen molar-refractivity contribution in [2.24, 2.45) is 0 Å². The van der Waals surface area contributed by atoms with Gasteiger partial charge in [0.1, 0.15) is 11.6 Å². The Labute approximate surface area is 277 Å². The number of hydrogen-bond acceptors (Lipinski definition) is 9. The maximum Gasteiger partial charge on any atom is 0.407 e. The second kappa shape index (κ2) is 20.2. The average molecular weight is 680 g/mol. The van der Waals surface area contributed by atoms with E-state index >= 15 is 0 Å². The molecule has 0 saturated carbocycles. The highest BCUT2D eigenvalue weighted by Crippen LogP contribution is 2.30. The Balaban J connectivity index is 0.000000533. The van der Waals surface area contributed by atoms with Crippen LogP contribution < -0.4 is 10.8 Å². The van der Waals surface area contributed by atoms with Crippen molar-refractivity contribution in [3.8, 4) is 0 Å². The Bertz CT molecular complexity index is 1000. The van der Waals surface area contributed by atoms with Gasteiger partial charge in [0.2, 0.25) is 10.4 Å². The minimum atomic E-state index is -5.10. The molecule has 2 bridgehead atoms. The second-order valence-corrected chi connectivity index (χ2v) is 14.4. The molecule has 0 aromatic rings. The number of unbranched alkanes of at least 4 members (excludes halogenated alkanes) is 4. The van der Waals surface area contributed by atoms with E-state index in [2.05, 4.69) is 42.8 Å². The number of quaternary nitrogens is 1. The van der Waals surface area contributed by atoms with Gasteiger partial charge in [-0.15, -0.1) is 0 Å². The van der Waals surface area contributed by atoms with Gasteiger partial charge in [0.05, 0.1) is 44.9 Å². The van der Waals surface area contributed by atoms with Crippen molar-refractivity contribution in [2.75, 3.05) is 39.3 Å². The maximum atomic E-state index is 12.3. The molecule has 2 aliphatic heterocycles. The molecule has 2 N–H and O–H groups in total. The van der Waals surface area contributed by atoms with E-state index in [1.165, 1.54) is 82.0 Å². The van der Waals surface area contributed by atoms with E-state index in [9.17, 15) is 27.4 Å². The number of hydroxylamine groups is 3. The number of nitrogens with zero attached hydrogens (tertiary/aromatic N) is 3. The van der Waals surface area contributed by atoms with Crippen LogP contribution in [0.5, 0.6) is 0 Å². The van der Waals surface area contributed by atoms with E-state index in [4.69, 9.17) is 9.57 Å². The third-order valence-electron chi connectivity index (χ3n) is 8.01. The van der Waals surface area contributed by atoms with Gasteiger partial charge < -0.3 is 24.0 Å². The molecule has 0 spiro atoms. The van der Waals surface area contributed by atoms with Gasteiger partial charge in [-0.05, 0) is 66.2 Å². The van der Waals surface area contributed by atoms with Crippen molar-refractivity contribution in [3.63, 3.8) is 0 Å². The lowest BCUT2D eigenvalue weighted by Crippen LogP contribution is -2.50. The summed E-state index contributed by atoms with van der Waals surface area (Å²) in [4.78, 5) is 42.4. The summed E-state index contributed by atoms with van der Waals surface area (Å²) in [5.74, 6) is -0.618. The van der Waals surface area contributed by atoms with Gasteiger partial charge in [0.25, 0.3) is 5.91 Å². The molecule has 46 heavy (non-hydrogen) atoms. The summed E-state index contributed by atoms with van der Waals surface area (Å²) in [5, 5.41) is 3.03. The van der Waals surface area contributed by atoms with E-state index in [0.717, 1.165) is 4.90 Å². The Morgan fingerprint density at radius 2 is 1.46 bits per heavy atom. The van der Waals surface area contributed by atoms with Gasteiger partial charge in [0, 0.05) is 6.54 Å². The zero-order valence-electron chi connectivity index (χ0n) is 29.5. The van der Waals surface area contributed by atoms with Crippen molar-refractivity contribution in [2.45, 2.75) is 143 Å². The molecule has 15 heteroatoms. The summed E-state index contributed by atoms with van der Waals surface area (Å²) >= 11 is 0. The Kier molecular flexibility index (Phi) is 18.4. The van der Waals surface area contributed by atoms with Gasteiger partial charge in [-0.3, -0.25) is 9.63 Å². The lowest BCUT2D eigenvalue weighted by molar-refractivity contribution is -0.929. The van der Waals surface area contributed by atoms with Crippen LogP contribution in [0.15, 0.2) is 0 Å². The molecule has 2 heterocycles. The summed E-state index contributed by atoms with van der Waals surface area (Å²) in [6, 6.07) is -2.89. The predicted molar refractivity (Wildman–Crippen MR) is 174 cm³/mol. The number of amides is 4. The molecular weight excluding hydrogens is 618 g/mol. The molecule has 2 saturated heterocycles. The number of nitrogens with one attached hydrogen (secondary N) is 2. The van der Waals surface area contributed by atoms with Gasteiger partial charge in [0.15, 0.2) is 0 Å². The minimum Gasteiger partial charge on any atom is -0.724 e. The number of carbonyl (C=O) groups excluding carboxylic acids is 3. The summed E-state index contributed by atoms with van der Waals surface area (Å²) < 4.78 is 43.0. The molecule has 3 atom stereocenters. The predicted octanol–water partition coefficient (Wildman–Crippen LogP) is 4.61. The maximum absolute atomic E-state index is 12.3. The normalized spacial score (nSPS) is 18.9. The van der Waals surface area contributed by atoms with Crippen LogP contribution in [-0.2, 0) is 29.1 Å². The third kappa shape index (κ3) is 15.6. The molecule has 0 unspecified atom stereocenters. The molecule has 2 aliphatic rings. The monoisotopic (exact) mass is 679 g/mol. The zero-order chi connectivity index (χ0) is 35.0. The molecule has 270 valence electrons. The summed E-state index contributed by atoms with van der Waals surface area (Å²) in [6.45, 7) is 21.8. The number of hydrogen-bond donors (Lipinski definition) is 2. The van der Waals surface area contributed by atoms with Crippen molar-refractivity contribution in [1.29, 1.82) is 0 Å². The van der Waals surface area contributed by atoms with Crippen LogP contribution in [-0.4, -0.2) is 109 Å². The highest BCUT2D eigenvalue weighted by molar-refractivity contribution is 7.80. The first-order chi connectivity index (χ1) is 21.5. The minimum absolute atomic E-state index is 0.0447. The van der Waals surface area contributed by atoms with Crippen LogP contribution in [0, 0.1) is 0 Å². The molecule has 4 amide bonds. The summed E-state index contributed by atoms with van der Waals surface area (Å²) in [5.41, 5.74) is 1.56. The largest absolute Gasteiger partial charge is 0.724 e. The highest BCUT2D eigenvalue weighted by Gasteiger charge is 2.48. The van der Waals surface area contributed by atoms with E-state index in [-0.39, 0.29) is 26.0 Å². The second-order valence-electron chi connectivity index (χ2n) is 13.5. The third-order valence-corrected chi connectivity index (χ3v) is 8.35. The lowest BCUT2D eigenvalue weighted by atomic mass is 10.0. The number of carbonyl (C=O) groups is 3.